The summed E-state index contributed by atoms with van der Waals surface area (Å²) in [5, 5.41) is 9.12. The number of hydrogen-bond donors (Lipinski definition) is 1. The Bertz CT molecular complexity index is 331. The van der Waals surface area contributed by atoms with Gasteiger partial charge >= 0.3 is 5.97 Å². The lowest BCUT2D eigenvalue weighted by molar-refractivity contribution is -0.139. The molecule has 0 spiro atoms. The van der Waals surface area contributed by atoms with Crippen molar-refractivity contribution in [3.63, 3.8) is 0 Å². The highest BCUT2D eigenvalue weighted by molar-refractivity contribution is 5.76. The summed E-state index contributed by atoms with van der Waals surface area (Å²) >= 11 is 0. The average molecular weight is 206 g/mol. The van der Waals surface area contributed by atoms with Gasteiger partial charge in [-0.15, -0.1) is 0 Å². The molecule has 2 heteroatoms. The maximum atomic E-state index is 11.1. The fraction of sp³-hybridized carbons (Fsp3) is 0.462. The first-order valence-corrected chi connectivity index (χ1v) is 5.50. The van der Waals surface area contributed by atoms with Crippen LogP contribution in [0.2, 0.25) is 0 Å². The second-order valence-electron chi connectivity index (χ2n) is 3.78. The quantitative estimate of drug-likeness (QED) is 0.803. The van der Waals surface area contributed by atoms with Crippen molar-refractivity contribution in [2.45, 2.75) is 39.0 Å². The highest BCUT2D eigenvalue weighted by atomic mass is 16.4. The number of benzene rings is 1. The van der Waals surface area contributed by atoms with Crippen molar-refractivity contribution in [1.82, 2.24) is 0 Å². The lowest BCUT2D eigenvalue weighted by Crippen LogP contribution is -2.11. The Kier molecular flexibility index (Phi) is 4.35. The lowest BCUT2D eigenvalue weighted by Gasteiger charge is -2.12. The van der Waals surface area contributed by atoms with Crippen LogP contribution in [0.1, 0.15) is 43.7 Å². The Morgan fingerprint density at radius 1 is 1.40 bits per heavy atom. The molecule has 1 rings (SSSR count). The molecule has 0 heterocycles. The molecule has 0 radical (unpaired) electrons. The van der Waals surface area contributed by atoms with Crippen LogP contribution in [0, 0.1) is 0 Å². The lowest BCUT2D eigenvalue weighted by atomic mass is 9.93. The molecule has 1 aromatic rings. The molecule has 82 valence electrons. The van der Waals surface area contributed by atoms with Crippen LogP contribution in [-0.2, 0) is 11.2 Å². The maximum absolute atomic E-state index is 11.1. The molecule has 0 fully saturated rings. The summed E-state index contributed by atoms with van der Waals surface area (Å²) in [6, 6.07) is 7.90. The first kappa shape index (κ1) is 11.8. The number of aryl methyl sites for hydroxylation is 1. The van der Waals surface area contributed by atoms with Gasteiger partial charge in [0, 0.05) is 0 Å². The highest BCUT2D eigenvalue weighted by Gasteiger charge is 2.18. The molecule has 2 nitrogen and oxygen atoms in total. The van der Waals surface area contributed by atoms with Crippen LogP contribution in [0.5, 0.6) is 0 Å². The van der Waals surface area contributed by atoms with Crippen LogP contribution in [0.3, 0.4) is 0 Å². The SMILES string of the molecule is CCCC(C(=O)O)c1cccc(CC)c1. The Morgan fingerprint density at radius 2 is 2.13 bits per heavy atom. The van der Waals surface area contributed by atoms with Crippen molar-refractivity contribution in [1.29, 1.82) is 0 Å². The Balaban J connectivity index is 2.94. The minimum absolute atomic E-state index is 0.346. The minimum Gasteiger partial charge on any atom is -0.481 e. The van der Waals surface area contributed by atoms with Crippen molar-refractivity contribution in [2.24, 2.45) is 0 Å². The molecule has 0 aliphatic carbocycles. The monoisotopic (exact) mass is 206 g/mol. The van der Waals surface area contributed by atoms with E-state index in [1.807, 2.05) is 31.2 Å². The second kappa shape index (κ2) is 5.54. The van der Waals surface area contributed by atoms with Gasteiger partial charge in [-0.2, -0.15) is 0 Å². The van der Waals surface area contributed by atoms with Crippen LogP contribution < -0.4 is 0 Å². The van der Waals surface area contributed by atoms with Crippen molar-refractivity contribution in [2.75, 3.05) is 0 Å². The summed E-state index contributed by atoms with van der Waals surface area (Å²) in [6.45, 7) is 4.09. The molecule has 0 bridgehead atoms. The number of carboxylic acid groups (broad SMARTS) is 1. The van der Waals surface area contributed by atoms with Crippen LogP contribution >= 0.6 is 0 Å². The van der Waals surface area contributed by atoms with Gasteiger partial charge in [-0.3, -0.25) is 4.79 Å². The van der Waals surface area contributed by atoms with Crippen molar-refractivity contribution < 1.29 is 9.90 Å². The van der Waals surface area contributed by atoms with Gasteiger partial charge in [-0.1, -0.05) is 44.5 Å². The maximum Gasteiger partial charge on any atom is 0.310 e. The first-order chi connectivity index (χ1) is 7.19. The largest absolute Gasteiger partial charge is 0.481 e. The van der Waals surface area contributed by atoms with E-state index in [-0.39, 0.29) is 5.92 Å². The molecule has 0 aliphatic heterocycles. The predicted molar refractivity (Wildman–Crippen MR) is 61.1 cm³/mol. The van der Waals surface area contributed by atoms with E-state index in [2.05, 4.69) is 6.92 Å². The van der Waals surface area contributed by atoms with E-state index in [9.17, 15) is 4.79 Å². The van der Waals surface area contributed by atoms with Gasteiger partial charge in [0.25, 0.3) is 0 Å². The Labute approximate surface area is 90.9 Å². The van der Waals surface area contributed by atoms with Crippen molar-refractivity contribution >= 4 is 5.97 Å². The third kappa shape index (κ3) is 3.08. The molecule has 0 amide bonds. The summed E-state index contributed by atoms with van der Waals surface area (Å²) in [5.41, 5.74) is 2.14. The topological polar surface area (TPSA) is 37.3 Å². The van der Waals surface area contributed by atoms with E-state index in [0.717, 1.165) is 18.4 Å². The van der Waals surface area contributed by atoms with E-state index < -0.39 is 5.97 Å². The highest BCUT2D eigenvalue weighted by Crippen LogP contribution is 2.22. The summed E-state index contributed by atoms with van der Waals surface area (Å²) in [7, 11) is 0. The third-order valence-electron chi connectivity index (χ3n) is 2.64. The number of carboxylic acids is 1. The van der Waals surface area contributed by atoms with Crippen LogP contribution in [0.4, 0.5) is 0 Å². The van der Waals surface area contributed by atoms with Crippen LogP contribution in [-0.4, -0.2) is 11.1 Å². The number of hydrogen-bond acceptors (Lipinski definition) is 1. The summed E-state index contributed by atoms with van der Waals surface area (Å²) in [6.07, 6.45) is 2.56. The molecule has 1 aromatic carbocycles. The van der Waals surface area contributed by atoms with E-state index in [1.165, 1.54) is 5.56 Å². The summed E-state index contributed by atoms with van der Waals surface area (Å²) < 4.78 is 0. The Hall–Kier alpha value is -1.31. The zero-order valence-electron chi connectivity index (χ0n) is 9.36. The molecule has 0 saturated carbocycles. The predicted octanol–water partition coefficient (Wildman–Crippen LogP) is 3.22. The first-order valence-electron chi connectivity index (χ1n) is 5.50. The molecule has 0 aliphatic rings. The van der Waals surface area contributed by atoms with Gasteiger partial charge in [0.15, 0.2) is 0 Å². The van der Waals surface area contributed by atoms with Crippen LogP contribution in [0.15, 0.2) is 24.3 Å². The van der Waals surface area contributed by atoms with Gasteiger partial charge in [0.2, 0.25) is 0 Å². The second-order valence-corrected chi connectivity index (χ2v) is 3.78. The zero-order valence-corrected chi connectivity index (χ0v) is 9.36. The van der Waals surface area contributed by atoms with E-state index in [1.54, 1.807) is 0 Å². The molecular weight excluding hydrogens is 188 g/mol. The van der Waals surface area contributed by atoms with Gasteiger partial charge < -0.3 is 5.11 Å². The molecule has 1 N–H and O–H groups in total. The van der Waals surface area contributed by atoms with E-state index in [0.29, 0.717) is 6.42 Å². The number of aliphatic carboxylic acids is 1. The molecule has 0 saturated heterocycles. The normalized spacial score (nSPS) is 12.4. The average Bonchev–Trinajstić information content (AvgIpc) is 2.25. The molecular formula is C13H18O2. The van der Waals surface area contributed by atoms with Crippen molar-refractivity contribution in [3.8, 4) is 0 Å². The van der Waals surface area contributed by atoms with E-state index >= 15 is 0 Å². The molecule has 15 heavy (non-hydrogen) atoms. The van der Waals surface area contributed by atoms with Crippen LogP contribution in [0.25, 0.3) is 0 Å². The molecule has 0 aromatic heterocycles. The van der Waals surface area contributed by atoms with Gasteiger partial charge in [-0.05, 0) is 24.0 Å². The minimum atomic E-state index is -0.717. The fourth-order valence-corrected chi connectivity index (χ4v) is 1.75. The van der Waals surface area contributed by atoms with Crippen molar-refractivity contribution in [3.05, 3.63) is 35.4 Å². The number of carbonyl (C=O) groups is 1. The smallest absolute Gasteiger partial charge is 0.310 e. The fourth-order valence-electron chi connectivity index (χ4n) is 1.75. The Morgan fingerprint density at radius 3 is 2.67 bits per heavy atom. The number of rotatable bonds is 5. The summed E-state index contributed by atoms with van der Waals surface area (Å²) in [5.74, 6) is -1.06. The molecule has 1 unspecified atom stereocenters. The third-order valence-corrected chi connectivity index (χ3v) is 2.64. The van der Waals surface area contributed by atoms with Gasteiger partial charge in [-0.25, -0.2) is 0 Å². The summed E-state index contributed by atoms with van der Waals surface area (Å²) in [4.78, 5) is 11.1. The van der Waals surface area contributed by atoms with Gasteiger partial charge in [0.1, 0.15) is 0 Å². The standard InChI is InChI=1S/C13H18O2/c1-3-6-12(13(14)15)11-8-5-7-10(4-2)9-11/h5,7-9,12H,3-4,6H2,1-2H3,(H,14,15). The molecule has 1 atom stereocenters. The van der Waals surface area contributed by atoms with E-state index in [4.69, 9.17) is 5.11 Å². The zero-order chi connectivity index (χ0) is 11.3. The van der Waals surface area contributed by atoms with Gasteiger partial charge in [0.05, 0.1) is 5.92 Å².